The van der Waals surface area contributed by atoms with Gasteiger partial charge in [-0.05, 0) is 43.4 Å². The Kier molecular flexibility index (Phi) is 5.22. The number of amides is 1. The number of carbonyl (C=O) groups excluding carboxylic acids is 1. The normalized spacial score (nSPS) is 18.1. The first kappa shape index (κ1) is 20.2. The number of aromatic nitrogens is 4. The van der Waals surface area contributed by atoms with Crippen molar-refractivity contribution in [3.8, 4) is 11.4 Å². The summed E-state index contributed by atoms with van der Waals surface area (Å²) in [6.45, 7) is 1.36. The molecule has 0 radical (unpaired) electrons. The van der Waals surface area contributed by atoms with Crippen LogP contribution in [-0.4, -0.2) is 38.4 Å². The van der Waals surface area contributed by atoms with Crippen molar-refractivity contribution < 1.29 is 4.79 Å². The van der Waals surface area contributed by atoms with E-state index >= 15 is 0 Å². The van der Waals surface area contributed by atoms with Crippen LogP contribution in [-0.2, 0) is 11.3 Å². The Hall–Kier alpha value is -3.39. The Balaban J connectivity index is 1.29. The maximum atomic E-state index is 13.0. The van der Waals surface area contributed by atoms with Gasteiger partial charge in [-0.3, -0.25) is 9.78 Å². The van der Waals surface area contributed by atoms with E-state index in [9.17, 15) is 4.79 Å². The summed E-state index contributed by atoms with van der Waals surface area (Å²) in [6, 6.07) is 13.7. The van der Waals surface area contributed by atoms with Gasteiger partial charge in [-0.1, -0.05) is 41.7 Å². The number of hydrogen-bond acceptors (Lipinski definition) is 7. The Morgan fingerprint density at radius 2 is 1.94 bits per heavy atom. The second-order valence-electron chi connectivity index (χ2n) is 8.65. The first-order valence-corrected chi connectivity index (χ1v) is 12.2. The zero-order valence-corrected chi connectivity index (χ0v) is 19.0. The number of carbonyl (C=O) groups is 1. The number of thiazole rings is 1. The molecule has 1 saturated heterocycles. The quantitative estimate of drug-likeness (QED) is 0.465. The van der Waals surface area contributed by atoms with Gasteiger partial charge in [-0.15, -0.1) is 0 Å². The molecule has 166 valence electrons. The van der Waals surface area contributed by atoms with Crippen molar-refractivity contribution in [2.45, 2.75) is 44.2 Å². The third kappa shape index (κ3) is 4.06. The van der Waals surface area contributed by atoms with E-state index in [2.05, 4.69) is 15.2 Å². The molecule has 0 bridgehead atoms. The smallest absolute Gasteiger partial charge is 0.243 e. The fourth-order valence-electron chi connectivity index (χ4n) is 4.39. The number of anilines is 1. The molecule has 2 fully saturated rings. The number of rotatable bonds is 6. The van der Waals surface area contributed by atoms with Gasteiger partial charge < -0.3 is 10.2 Å². The lowest BCUT2D eigenvalue weighted by Crippen LogP contribution is -2.43. The Labute approximate surface area is 195 Å². The van der Waals surface area contributed by atoms with Crippen molar-refractivity contribution in [1.82, 2.24) is 25.3 Å². The molecule has 1 atom stereocenters. The molecule has 6 rings (SSSR count). The van der Waals surface area contributed by atoms with E-state index in [-0.39, 0.29) is 11.9 Å². The van der Waals surface area contributed by atoms with Gasteiger partial charge in [0.15, 0.2) is 16.6 Å². The number of benzene rings is 1. The van der Waals surface area contributed by atoms with Crippen LogP contribution in [0.3, 0.4) is 0 Å². The molecule has 7 nitrogen and oxygen atoms in total. The summed E-state index contributed by atoms with van der Waals surface area (Å²) in [5, 5.41) is 3.97. The first-order valence-electron chi connectivity index (χ1n) is 11.4. The van der Waals surface area contributed by atoms with Crippen LogP contribution in [0.2, 0.25) is 0 Å². The van der Waals surface area contributed by atoms with Crippen molar-refractivity contribution in [2.75, 3.05) is 11.4 Å². The van der Waals surface area contributed by atoms with Crippen molar-refractivity contribution >= 4 is 32.7 Å². The van der Waals surface area contributed by atoms with E-state index in [0.29, 0.717) is 18.3 Å². The fourth-order valence-corrected chi connectivity index (χ4v) is 5.54. The maximum absolute atomic E-state index is 13.0. The highest BCUT2D eigenvalue weighted by Crippen LogP contribution is 2.45. The van der Waals surface area contributed by atoms with Gasteiger partial charge in [-0.25, -0.2) is 9.97 Å². The van der Waals surface area contributed by atoms with Crippen LogP contribution in [0, 0.1) is 0 Å². The average Bonchev–Trinajstić information content (AvgIpc) is 3.42. The largest absolute Gasteiger partial charge is 0.350 e. The molecule has 0 spiro atoms. The van der Waals surface area contributed by atoms with Crippen LogP contribution in [0.15, 0.2) is 54.9 Å². The molecule has 3 aromatic heterocycles. The molecule has 1 amide bonds. The fraction of sp³-hybridized carbons (Fsp3) is 0.320. The molecule has 1 aromatic carbocycles. The summed E-state index contributed by atoms with van der Waals surface area (Å²) >= 11 is 1.62. The van der Waals surface area contributed by atoms with E-state index in [1.165, 1.54) is 0 Å². The number of nitrogens with zero attached hydrogens (tertiary/aromatic N) is 5. The first-order chi connectivity index (χ1) is 16.3. The van der Waals surface area contributed by atoms with E-state index in [0.717, 1.165) is 64.5 Å². The van der Waals surface area contributed by atoms with Crippen molar-refractivity contribution in [1.29, 1.82) is 0 Å². The summed E-state index contributed by atoms with van der Waals surface area (Å²) in [5.74, 6) is 1.20. The molecule has 1 aliphatic carbocycles. The van der Waals surface area contributed by atoms with Crippen LogP contribution in [0.25, 0.3) is 21.7 Å². The number of hydrogen-bond donors (Lipinski definition) is 1. The Morgan fingerprint density at radius 1 is 1.06 bits per heavy atom. The highest BCUT2D eigenvalue weighted by atomic mass is 32.1. The van der Waals surface area contributed by atoms with Gasteiger partial charge in [0.05, 0.1) is 10.4 Å². The summed E-state index contributed by atoms with van der Waals surface area (Å²) in [6.07, 6.45) is 7.65. The summed E-state index contributed by atoms with van der Waals surface area (Å²) in [4.78, 5) is 34.0. The lowest BCUT2D eigenvalue weighted by atomic mass is 10.2. The standard InChI is InChI=1S/C25H24N6OS/c32-24(27-14-16-6-2-1-3-7-16)19-9-5-13-31(19)25-30-23-21(33-25)20(17-10-11-17)28-22(29-23)18-8-4-12-26-15-18/h1-4,6-8,12,15,17,19H,5,9-11,13-14H2,(H,27,32)/t19-/m1/s1. The van der Waals surface area contributed by atoms with Gasteiger partial charge in [-0.2, -0.15) is 4.98 Å². The molecule has 4 aromatic rings. The van der Waals surface area contributed by atoms with E-state index < -0.39 is 0 Å². The lowest BCUT2D eigenvalue weighted by molar-refractivity contribution is -0.122. The highest BCUT2D eigenvalue weighted by Gasteiger charge is 2.34. The van der Waals surface area contributed by atoms with Gasteiger partial charge in [0.1, 0.15) is 6.04 Å². The molecule has 0 unspecified atom stereocenters. The molecule has 1 aliphatic heterocycles. The Morgan fingerprint density at radius 3 is 2.73 bits per heavy atom. The van der Waals surface area contributed by atoms with Crippen LogP contribution < -0.4 is 10.2 Å². The van der Waals surface area contributed by atoms with Crippen LogP contribution in [0.5, 0.6) is 0 Å². The molecule has 1 saturated carbocycles. The van der Waals surface area contributed by atoms with Gasteiger partial charge in [0, 0.05) is 37.0 Å². The Bertz CT molecular complexity index is 1290. The molecular weight excluding hydrogens is 432 g/mol. The van der Waals surface area contributed by atoms with Crippen molar-refractivity contribution in [3.63, 3.8) is 0 Å². The molecule has 33 heavy (non-hydrogen) atoms. The number of fused-ring (bicyclic) bond motifs is 1. The van der Waals surface area contributed by atoms with Crippen LogP contribution >= 0.6 is 11.3 Å². The van der Waals surface area contributed by atoms with Gasteiger partial charge >= 0.3 is 0 Å². The molecule has 4 heterocycles. The van der Waals surface area contributed by atoms with Crippen LogP contribution in [0.1, 0.15) is 42.9 Å². The predicted molar refractivity (Wildman–Crippen MR) is 129 cm³/mol. The van der Waals surface area contributed by atoms with E-state index in [4.69, 9.17) is 15.0 Å². The predicted octanol–water partition coefficient (Wildman–Crippen LogP) is 4.31. The SMILES string of the molecule is O=C(NCc1ccccc1)[C@H]1CCCN1c1nc2nc(-c3cccnc3)nc(C3CC3)c2s1. The lowest BCUT2D eigenvalue weighted by Gasteiger charge is -2.23. The number of pyridine rings is 1. The summed E-state index contributed by atoms with van der Waals surface area (Å²) < 4.78 is 1.05. The highest BCUT2D eigenvalue weighted by molar-refractivity contribution is 7.22. The van der Waals surface area contributed by atoms with Gasteiger partial charge in [0.25, 0.3) is 0 Å². The topological polar surface area (TPSA) is 83.9 Å². The number of nitrogens with one attached hydrogen (secondary N) is 1. The van der Waals surface area contributed by atoms with Crippen molar-refractivity contribution in [3.05, 3.63) is 66.1 Å². The molecule has 2 aliphatic rings. The molecular formula is C25H24N6OS. The third-order valence-electron chi connectivity index (χ3n) is 6.26. The third-order valence-corrected chi connectivity index (χ3v) is 7.37. The zero-order chi connectivity index (χ0) is 22.2. The minimum Gasteiger partial charge on any atom is -0.350 e. The molecule has 8 heteroatoms. The van der Waals surface area contributed by atoms with Crippen LogP contribution in [0.4, 0.5) is 5.13 Å². The molecule has 1 N–H and O–H groups in total. The second-order valence-corrected chi connectivity index (χ2v) is 9.63. The summed E-state index contributed by atoms with van der Waals surface area (Å²) in [7, 11) is 0. The minimum absolute atomic E-state index is 0.0557. The van der Waals surface area contributed by atoms with Gasteiger partial charge in [0.2, 0.25) is 5.91 Å². The van der Waals surface area contributed by atoms with E-state index in [1.807, 2.05) is 42.5 Å². The minimum atomic E-state index is -0.204. The second kappa shape index (κ2) is 8.51. The average molecular weight is 457 g/mol. The maximum Gasteiger partial charge on any atom is 0.243 e. The zero-order valence-electron chi connectivity index (χ0n) is 18.1. The monoisotopic (exact) mass is 456 g/mol. The van der Waals surface area contributed by atoms with Crippen molar-refractivity contribution in [2.24, 2.45) is 0 Å². The van der Waals surface area contributed by atoms with E-state index in [1.54, 1.807) is 23.7 Å². The summed E-state index contributed by atoms with van der Waals surface area (Å²) in [5.41, 5.74) is 3.81.